The molecular formula is C11H15ClO. The van der Waals surface area contributed by atoms with Crippen LogP contribution in [-0.4, -0.2) is 11.2 Å². The molecule has 1 aromatic carbocycles. The minimum atomic E-state index is -0.236. The summed E-state index contributed by atoms with van der Waals surface area (Å²) in [5.41, 5.74) is 2.33. The molecular weight excluding hydrogens is 184 g/mol. The van der Waals surface area contributed by atoms with Gasteiger partial charge in [0.05, 0.1) is 6.10 Å². The molecule has 72 valence electrons. The van der Waals surface area contributed by atoms with E-state index in [4.69, 9.17) is 11.6 Å². The number of aliphatic hydroxyl groups is 1. The van der Waals surface area contributed by atoms with Crippen molar-refractivity contribution in [2.75, 3.05) is 0 Å². The third-order valence-corrected chi connectivity index (χ3v) is 2.47. The normalized spacial score (nSPS) is 12.9. The maximum absolute atomic E-state index is 9.47. The largest absolute Gasteiger partial charge is 0.393 e. The van der Waals surface area contributed by atoms with Crippen LogP contribution in [0.1, 0.15) is 24.5 Å². The molecule has 0 saturated carbocycles. The van der Waals surface area contributed by atoms with E-state index in [1.54, 1.807) is 0 Å². The quantitative estimate of drug-likeness (QED) is 0.792. The summed E-state index contributed by atoms with van der Waals surface area (Å²) >= 11 is 5.82. The van der Waals surface area contributed by atoms with Crippen LogP contribution in [0.5, 0.6) is 0 Å². The van der Waals surface area contributed by atoms with Gasteiger partial charge in [0.2, 0.25) is 0 Å². The predicted molar refractivity (Wildman–Crippen MR) is 56.2 cm³/mol. The number of rotatable bonds is 3. The minimum absolute atomic E-state index is 0.236. The molecule has 0 aliphatic rings. The molecule has 1 atom stereocenters. The Kier molecular flexibility index (Phi) is 3.76. The first kappa shape index (κ1) is 10.6. The third kappa shape index (κ3) is 3.02. The smallest absolute Gasteiger partial charge is 0.0578 e. The van der Waals surface area contributed by atoms with E-state index in [9.17, 15) is 5.11 Å². The SMILES string of the molecule is CC[C@@H](O)Cc1ccc(Cl)cc1C. The van der Waals surface area contributed by atoms with Gasteiger partial charge in [-0.3, -0.25) is 0 Å². The fourth-order valence-electron chi connectivity index (χ4n) is 1.29. The first-order valence-corrected chi connectivity index (χ1v) is 4.94. The Balaban J connectivity index is 2.77. The molecule has 1 rings (SSSR count). The van der Waals surface area contributed by atoms with Crippen molar-refractivity contribution < 1.29 is 5.11 Å². The lowest BCUT2D eigenvalue weighted by molar-refractivity contribution is 0.170. The van der Waals surface area contributed by atoms with E-state index in [1.807, 2.05) is 32.0 Å². The zero-order valence-corrected chi connectivity index (χ0v) is 8.80. The molecule has 0 amide bonds. The van der Waals surface area contributed by atoms with Crippen LogP contribution in [0.25, 0.3) is 0 Å². The topological polar surface area (TPSA) is 20.2 Å². The second-order valence-corrected chi connectivity index (χ2v) is 3.77. The van der Waals surface area contributed by atoms with Crippen molar-refractivity contribution in [1.82, 2.24) is 0 Å². The second-order valence-electron chi connectivity index (χ2n) is 3.34. The molecule has 0 heterocycles. The van der Waals surface area contributed by atoms with Crippen LogP contribution in [0.2, 0.25) is 5.02 Å². The fraction of sp³-hybridized carbons (Fsp3) is 0.455. The summed E-state index contributed by atoms with van der Waals surface area (Å²) in [6, 6.07) is 5.78. The molecule has 0 spiro atoms. The van der Waals surface area contributed by atoms with Crippen LogP contribution in [0.15, 0.2) is 18.2 Å². The van der Waals surface area contributed by atoms with Crippen molar-refractivity contribution in [1.29, 1.82) is 0 Å². The second kappa shape index (κ2) is 4.64. The van der Waals surface area contributed by atoms with E-state index < -0.39 is 0 Å². The van der Waals surface area contributed by atoms with Gasteiger partial charge in [0.15, 0.2) is 0 Å². The highest BCUT2D eigenvalue weighted by molar-refractivity contribution is 6.30. The van der Waals surface area contributed by atoms with Crippen molar-refractivity contribution in [2.45, 2.75) is 32.8 Å². The molecule has 1 nitrogen and oxygen atoms in total. The number of aliphatic hydroxyl groups excluding tert-OH is 1. The van der Waals surface area contributed by atoms with E-state index in [0.717, 1.165) is 23.4 Å². The van der Waals surface area contributed by atoms with Gasteiger partial charge in [0.1, 0.15) is 0 Å². The predicted octanol–water partition coefficient (Wildman–Crippen LogP) is 2.96. The van der Waals surface area contributed by atoms with Crippen molar-refractivity contribution >= 4 is 11.6 Å². The number of aryl methyl sites for hydroxylation is 1. The average molecular weight is 199 g/mol. The van der Waals surface area contributed by atoms with Crippen molar-refractivity contribution in [2.24, 2.45) is 0 Å². The fourth-order valence-corrected chi connectivity index (χ4v) is 1.51. The highest BCUT2D eigenvalue weighted by Gasteiger charge is 2.05. The van der Waals surface area contributed by atoms with Crippen LogP contribution in [-0.2, 0) is 6.42 Å². The van der Waals surface area contributed by atoms with Crippen molar-refractivity contribution in [3.8, 4) is 0 Å². The molecule has 13 heavy (non-hydrogen) atoms. The molecule has 0 unspecified atom stereocenters. The summed E-state index contributed by atoms with van der Waals surface area (Å²) in [6.07, 6.45) is 1.28. The van der Waals surface area contributed by atoms with E-state index >= 15 is 0 Å². The average Bonchev–Trinajstić information content (AvgIpc) is 2.09. The van der Waals surface area contributed by atoms with Gasteiger partial charge in [0, 0.05) is 5.02 Å². The number of benzene rings is 1. The zero-order chi connectivity index (χ0) is 9.84. The van der Waals surface area contributed by atoms with Gasteiger partial charge in [-0.15, -0.1) is 0 Å². The molecule has 0 radical (unpaired) electrons. The lowest BCUT2D eigenvalue weighted by atomic mass is 10.0. The highest BCUT2D eigenvalue weighted by atomic mass is 35.5. The zero-order valence-electron chi connectivity index (χ0n) is 8.05. The number of halogens is 1. The first-order valence-electron chi connectivity index (χ1n) is 4.56. The van der Waals surface area contributed by atoms with Crippen molar-refractivity contribution in [3.05, 3.63) is 34.3 Å². The van der Waals surface area contributed by atoms with Crippen LogP contribution in [0.4, 0.5) is 0 Å². The van der Waals surface area contributed by atoms with Crippen LogP contribution in [0.3, 0.4) is 0 Å². The van der Waals surface area contributed by atoms with E-state index in [-0.39, 0.29) is 6.10 Å². The Bertz CT molecular complexity index is 283. The van der Waals surface area contributed by atoms with Gasteiger partial charge < -0.3 is 5.11 Å². The molecule has 0 aliphatic carbocycles. The molecule has 1 N–H and O–H groups in total. The monoisotopic (exact) mass is 198 g/mol. The Morgan fingerprint density at radius 3 is 2.69 bits per heavy atom. The molecule has 0 aromatic heterocycles. The van der Waals surface area contributed by atoms with Gasteiger partial charge in [-0.1, -0.05) is 24.6 Å². The van der Waals surface area contributed by atoms with Gasteiger partial charge in [-0.2, -0.15) is 0 Å². The maximum Gasteiger partial charge on any atom is 0.0578 e. The highest BCUT2D eigenvalue weighted by Crippen LogP contribution is 2.17. The Hall–Kier alpha value is -0.530. The molecule has 2 heteroatoms. The first-order chi connectivity index (χ1) is 6.13. The van der Waals surface area contributed by atoms with Crippen LogP contribution in [0, 0.1) is 6.92 Å². The molecule has 0 aliphatic heterocycles. The Morgan fingerprint density at radius 1 is 1.46 bits per heavy atom. The summed E-state index contributed by atoms with van der Waals surface area (Å²) in [4.78, 5) is 0. The maximum atomic E-state index is 9.47. The molecule has 0 fully saturated rings. The summed E-state index contributed by atoms with van der Waals surface area (Å²) in [5, 5.41) is 10.2. The third-order valence-electron chi connectivity index (χ3n) is 2.23. The summed E-state index contributed by atoms with van der Waals surface area (Å²) in [6.45, 7) is 4.00. The van der Waals surface area contributed by atoms with E-state index in [2.05, 4.69) is 0 Å². The van der Waals surface area contributed by atoms with E-state index in [1.165, 1.54) is 5.56 Å². The van der Waals surface area contributed by atoms with Crippen LogP contribution < -0.4 is 0 Å². The summed E-state index contributed by atoms with van der Waals surface area (Å²) in [5.74, 6) is 0. The summed E-state index contributed by atoms with van der Waals surface area (Å²) in [7, 11) is 0. The van der Waals surface area contributed by atoms with Gasteiger partial charge >= 0.3 is 0 Å². The minimum Gasteiger partial charge on any atom is -0.393 e. The van der Waals surface area contributed by atoms with Crippen molar-refractivity contribution in [3.63, 3.8) is 0 Å². The Labute approximate surface area is 84.4 Å². The Morgan fingerprint density at radius 2 is 2.15 bits per heavy atom. The standard InChI is InChI=1S/C11H15ClO/c1-3-11(13)7-9-4-5-10(12)6-8(9)2/h4-6,11,13H,3,7H2,1-2H3/t11-/m1/s1. The van der Waals surface area contributed by atoms with E-state index in [0.29, 0.717) is 0 Å². The molecule has 1 aromatic rings. The van der Waals surface area contributed by atoms with Gasteiger partial charge in [-0.25, -0.2) is 0 Å². The number of hydrogen-bond donors (Lipinski definition) is 1. The molecule has 0 saturated heterocycles. The lowest BCUT2D eigenvalue weighted by Gasteiger charge is -2.10. The summed E-state index contributed by atoms with van der Waals surface area (Å²) < 4.78 is 0. The van der Waals surface area contributed by atoms with Gasteiger partial charge in [-0.05, 0) is 43.0 Å². The van der Waals surface area contributed by atoms with Gasteiger partial charge in [0.25, 0.3) is 0 Å². The van der Waals surface area contributed by atoms with Crippen LogP contribution >= 0.6 is 11.6 Å². The lowest BCUT2D eigenvalue weighted by Crippen LogP contribution is -2.09. The number of hydrogen-bond acceptors (Lipinski definition) is 1. The molecule has 0 bridgehead atoms.